The zero-order chi connectivity index (χ0) is 16.3. The highest BCUT2D eigenvalue weighted by Gasteiger charge is 2.32. The summed E-state index contributed by atoms with van der Waals surface area (Å²) in [6, 6.07) is 14.0. The number of aryl methyl sites for hydroxylation is 1. The van der Waals surface area contributed by atoms with E-state index in [1.807, 2.05) is 12.1 Å². The van der Waals surface area contributed by atoms with Gasteiger partial charge in [-0.05, 0) is 35.6 Å². The van der Waals surface area contributed by atoms with Gasteiger partial charge in [-0.15, -0.1) is 0 Å². The molecule has 0 saturated carbocycles. The normalized spacial score (nSPS) is 14.3. The molecule has 0 heterocycles. The first-order valence-electron chi connectivity index (χ1n) is 7.67. The highest BCUT2D eigenvalue weighted by Crippen LogP contribution is 2.31. The summed E-state index contributed by atoms with van der Waals surface area (Å²) >= 11 is 0. The molecule has 0 saturated heterocycles. The zero-order valence-electron chi connectivity index (χ0n) is 12.7. The summed E-state index contributed by atoms with van der Waals surface area (Å²) < 4.78 is 38.9. The maximum Gasteiger partial charge on any atom is 0.416 e. The summed E-state index contributed by atoms with van der Waals surface area (Å²) in [5, 5.41) is 3.15. The van der Waals surface area contributed by atoms with Crippen LogP contribution in [-0.4, -0.2) is 6.54 Å². The van der Waals surface area contributed by atoms with E-state index < -0.39 is 11.7 Å². The molecule has 0 bridgehead atoms. The average molecular weight is 317 g/mol. The Morgan fingerprint density at radius 1 is 0.870 bits per heavy atom. The van der Waals surface area contributed by atoms with Crippen LogP contribution in [0.5, 0.6) is 0 Å². The molecule has 120 valence electrons. The van der Waals surface area contributed by atoms with Gasteiger partial charge in [0.05, 0.1) is 5.56 Å². The van der Waals surface area contributed by atoms with Crippen LogP contribution in [-0.2, 0) is 19.1 Å². The molecule has 2 aromatic rings. The summed E-state index contributed by atoms with van der Waals surface area (Å²) in [6.45, 7) is 0.829. The van der Waals surface area contributed by atoms with Gasteiger partial charge in [0, 0.05) is 13.1 Å². The van der Waals surface area contributed by atoms with Crippen LogP contribution in [0.3, 0.4) is 0 Å². The van der Waals surface area contributed by atoms with Crippen LogP contribution in [0.2, 0.25) is 0 Å². The van der Waals surface area contributed by atoms with Gasteiger partial charge >= 0.3 is 6.18 Å². The highest BCUT2D eigenvalue weighted by molar-refractivity contribution is 5.59. The number of rotatable bonds is 4. The fraction of sp³-hybridized carbons (Fsp3) is 0.263. The van der Waals surface area contributed by atoms with Crippen molar-refractivity contribution in [1.29, 1.82) is 0 Å². The van der Waals surface area contributed by atoms with Crippen molar-refractivity contribution >= 4 is 6.08 Å². The molecule has 0 radical (unpaired) electrons. The fourth-order valence-corrected chi connectivity index (χ4v) is 2.94. The highest BCUT2D eigenvalue weighted by atomic mass is 19.4. The van der Waals surface area contributed by atoms with Gasteiger partial charge in [0.1, 0.15) is 0 Å². The van der Waals surface area contributed by atoms with Crippen molar-refractivity contribution in [3.05, 3.63) is 76.4 Å². The Labute approximate surface area is 133 Å². The lowest BCUT2D eigenvalue weighted by atomic mass is 9.92. The van der Waals surface area contributed by atoms with Gasteiger partial charge in [0.15, 0.2) is 0 Å². The standard InChI is InChI=1S/C19H18F3N/c20-19(21,22)18-8-4-3-7-17(18)13-23-12-14-9-10-15-5-1-2-6-16(15)11-14/h1-8,11,23H,9-10,12-13H2. The van der Waals surface area contributed by atoms with Crippen molar-refractivity contribution < 1.29 is 13.2 Å². The topological polar surface area (TPSA) is 12.0 Å². The Kier molecular flexibility index (Phi) is 4.53. The molecule has 23 heavy (non-hydrogen) atoms. The fourth-order valence-electron chi connectivity index (χ4n) is 2.94. The third kappa shape index (κ3) is 3.82. The van der Waals surface area contributed by atoms with E-state index >= 15 is 0 Å². The van der Waals surface area contributed by atoms with Crippen molar-refractivity contribution in [3.63, 3.8) is 0 Å². The van der Waals surface area contributed by atoms with E-state index in [1.165, 1.54) is 28.8 Å². The van der Waals surface area contributed by atoms with Crippen LogP contribution in [0.15, 0.2) is 54.1 Å². The second-order valence-corrected chi connectivity index (χ2v) is 5.76. The van der Waals surface area contributed by atoms with Gasteiger partial charge in [-0.1, -0.05) is 54.1 Å². The second kappa shape index (κ2) is 6.59. The maximum absolute atomic E-state index is 13.0. The first kappa shape index (κ1) is 15.8. The monoisotopic (exact) mass is 317 g/mol. The Morgan fingerprint density at radius 2 is 1.61 bits per heavy atom. The van der Waals surface area contributed by atoms with Crippen molar-refractivity contribution in [2.24, 2.45) is 0 Å². The van der Waals surface area contributed by atoms with Gasteiger partial charge in [-0.25, -0.2) is 0 Å². The number of benzene rings is 2. The summed E-state index contributed by atoms with van der Waals surface area (Å²) in [5.41, 5.74) is 3.50. The van der Waals surface area contributed by atoms with Gasteiger partial charge in [-0.3, -0.25) is 0 Å². The molecule has 1 N–H and O–H groups in total. The number of nitrogens with one attached hydrogen (secondary N) is 1. The van der Waals surface area contributed by atoms with Crippen LogP contribution in [0.4, 0.5) is 13.2 Å². The summed E-state index contributed by atoms with van der Waals surface area (Å²) in [7, 11) is 0. The first-order chi connectivity index (χ1) is 11.0. The minimum absolute atomic E-state index is 0.217. The second-order valence-electron chi connectivity index (χ2n) is 5.76. The quantitative estimate of drug-likeness (QED) is 0.852. The number of fused-ring (bicyclic) bond motifs is 1. The van der Waals surface area contributed by atoms with Crippen molar-refractivity contribution in [2.75, 3.05) is 6.54 Å². The molecular weight excluding hydrogens is 299 g/mol. The molecule has 0 spiro atoms. The predicted octanol–water partition coefficient (Wildman–Crippen LogP) is 4.82. The molecule has 3 rings (SSSR count). The Hall–Kier alpha value is -2.07. The summed E-state index contributed by atoms with van der Waals surface area (Å²) in [5.74, 6) is 0. The minimum atomic E-state index is -4.30. The SMILES string of the molecule is FC(F)(F)c1ccccc1CNCC1=Cc2ccccc2CC1. The van der Waals surface area contributed by atoms with Gasteiger partial charge in [-0.2, -0.15) is 13.2 Å². The van der Waals surface area contributed by atoms with Crippen molar-refractivity contribution in [3.8, 4) is 0 Å². The Bertz CT molecular complexity index is 717. The zero-order valence-corrected chi connectivity index (χ0v) is 12.7. The molecule has 0 fully saturated rings. The molecule has 0 atom stereocenters. The number of hydrogen-bond donors (Lipinski definition) is 1. The first-order valence-corrected chi connectivity index (χ1v) is 7.67. The summed E-state index contributed by atoms with van der Waals surface area (Å²) in [4.78, 5) is 0. The smallest absolute Gasteiger partial charge is 0.309 e. The molecule has 2 aromatic carbocycles. The minimum Gasteiger partial charge on any atom is -0.309 e. The van der Waals surface area contributed by atoms with Gasteiger partial charge in [0.25, 0.3) is 0 Å². The van der Waals surface area contributed by atoms with Crippen LogP contribution < -0.4 is 5.32 Å². The molecule has 1 nitrogen and oxygen atoms in total. The van der Waals surface area contributed by atoms with E-state index in [2.05, 4.69) is 23.5 Å². The average Bonchev–Trinajstić information content (AvgIpc) is 2.54. The molecule has 1 aliphatic carbocycles. The maximum atomic E-state index is 13.0. The van der Waals surface area contributed by atoms with Crippen LogP contribution in [0.1, 0.15) is 28.7 Å². The molecule has 0 aromatic heterocycles. The molecule has 1 aliphatic rings. The number of hydrogen-bond acceptors (Lipinski definition) is 1. The van der Waals surface area contributed by atoms with Gasteiger partial charge < -0.3 is 5.32 Å². The van der Waals surface area contributed by atoms with E-state index in [0.29, 0.717) is 6.54 Å². The van der Waals surface area contributed by atoms with E-state index in [1.54, 1.807) is 6.07 Å². The van der Waals surface area contributed by atoms with Crippen molar-refractivity contribution in [1.82, 2.24) is 5.32 Å². The number of alkyl halides is 3. The van der Waals surface area contributed by atoms with Crippen LogP contribution in [0.25, 0.3) is 6.08 Å². The lowest BCUT2D eigenvalue weighted by molar-refractivity contribution is -0.138. The molecule has 4 heteroatoms. The lowest BCUT2D eigenvalue weighted by Crippen LogP contribution is -2.20. The molecule has 0 unspecified atom stereocenters. The van der Waals surface area contributed by atoms with E-state index in [0.717, 1.165) is 18.9 Å². The van der Waals surface area contributed by atoms with Crippen molar-refractivity contribution in [2.45, 2.75) is 25.6 Å². The summed E-state index contributed by atoms with van der Waals surface area (Å²) in [6.07, 6.45) is -0.226. The van der Waals surface area contributed by atoms with E-state index in [-0.39, 0.29) is 12.1 Å². The molecule has 0 aliphatic heterocycles. The lowest BCUT2D eigenvalue weighted by Gasteiger charge is -2.18. The van der Waals surface area contributed by atoms with Crippen LogP contribution in [0, 0.1) is 0 Å². The Morgan fingerprint density at radius 3 is 2.43 bits per heavy atom. The van der Waals surface area contributed by atoms with Crippen LogP contribution >= 0.6 is 0 Å². The Balaban J connectivity index is 1.64. The largest absolute Gasteiger partial charge is 0.416 e. The van der Waals surface area contributed by atoms with E-state index in [9.17, 15) is 13.2 Å². The molecule has 0 amide bonds. The third-order valence-electron chi connectivity index (χ3n) is 4.12. The van der Waals surface area contributed by atoms with E-state index in [4.69, 9.17) is 0 Å². The number of halogens is 3. The third-order valence-corrected chi connectivity index (χ3v) is 4.12. The molecular formula is C19H18F3N. The predicted molar refractivity (Wildman–Crippen MR) is 85.9 cm³/mol. The van der Waals surface area contributed by atoms with Gasteiger partial charge in [0.2, 0.25) is 0 Å².